The van der Waals surface area contributed by atoms with Crippen LogP contribution in [0.3, 0.4) is 0 Å². The number of hydrogen-bond donors (Lipinski definition) is 0. The molecule has 3 heterocycles. The monoisotopic (exact) mass is 381 g/mol. The van der Waals surface area contributed by atoms with Crippen molar-refractivity contribution in [1.82, 2.24) is 14.4 Å². The predicted octanol–water partition coefficient (Wildman–Crippen LogP) is 2.03. The molecule has 0 radical (unpaired) electrons. The van der Waals surface area contributed by atoms with Crippen LogP contribution in [0, 0.1) is 11.2 Å². The molecule has 0 aliphatic carbocycles. The Morgan fingerprint density at radius 2 is 1.92 bits per heavy atom. The first-order chi connectivity index (χ1) is 12.4. The van der Waals surface area contributed by atoms with Gasteiger partial charge in [-0.05, 0) is 37.1 Å². The quantitative estimate of drug-likeness (QED) is 0.809. The summed E-state index contributed by atoms with van der Waals surface area (Å²) in [5, 5.41) is 4.02. The van der Waals surface area contributed by atoms with Gasteiger partial charge in [-0.25, -0.2) is 17.1 Å². The summed E-state index contributed by atoms with van der Waals surface area (Å²) in [6, 6.07) is 5.86. The molecule has 2 aliphatic rings. The summed E-state index contributed by atoms with van der Waals surface area (Å²) in [6.07, 6.45) is 2.72. The van der Waals surface area contributed by atoms with Crippen molar-refractivity contribution in [3.8, 4) is 11.4 Å². The van der Waals surface area contributed by atoms with Crippen LogP contribution in [0.1, 0.15) is 24.7 Å². The van der Waals surface area contributed by atoms with E-state index in [1.165, 1.54) is 22.7 Å². The lowest BCUT2D eigenvalue weighted by Crippen LogP contribution is -2.37. The average Bonchev–Trinajstić information content (AvgIpc) is 3.21. The van der Waals surface area contributed by atoms with Crippen molar-refractivity contribution < 1.29 is 22.1 Å². The molecular formula is C17H20FN3O4S. The number of halogens is 1. The van der Waals surface area contributed by atoms with Gasteiger partial charge in [-0.15, -0.1) is 0 Å². The third kappa shape index (κ3) is 3.15. The van der Waals surface area contributed by atoms with Gasteiger partial charge in [-0.2, -0.15) is 4.98 Å². The molecule has 0 bridgehead atoms. The molecule has 2 fully saturated rings. The molecule has 26 heavy (non-hydrogen) atoms. The van der Waals surface area contributed by atoms with Gasteiger partial charge in [0.25, 0.3) is 0 Å². The van der Waals surface area contributed by atoms with Crippen LogP contribution in [0.5, 0.6) is 0 Å². The van der Waals surface area contributed by atoms with Gasteiger partial charge in [0.2, 0.25) is 21.7 Å². The zero-order chi connectivity index (χ0) is 18.4. The highest BCUT2D eigenvalue weighted by molar-refractivity contribution is 7.88. The molecule has 9 heteroatoms. The predicted molar refractivity (Wildman–Crippen MR) is 91.3 cm³/mol. The van der Waals surface area contributed by atoms with Gasteiger partial charge in [0, 0.05) is 37.3 Å². The van der Waals surface area contributed by atoms with E-state index in [1.807, 2.05) is 0 Å². The number of hydrogen-bond acceptors (Lipinski definition) is 6. The van der Waals surface area contributed by atoms with Crippen molar-refractivity contribution in [3.05, 3.63) is 36.0 Å². The molecule has 1 atom stereocenters. The smallest absolute Gasteiger partial charge is 0.232 e. The Morgan fingerprint density at radius 3 is 2.58 bits per heavy atom. The van der Waals surface area contributed by atoms with E-state index in [-0.39, 0.29) is 17.2 Å². The van der Waals surface area contributed by atoms with Crippen LogP contribution >= 0.6 is 0 Å². The second-order valence-electron chi connectivity index (χ2n) is 7.05. The molecule has 1 aromatic heterocycles. The Hall–Kier alpha value is -1.84. The van der Waals surface area contributed by atoms with Crippen molar-refractivity contribution >= 4 is 10.0 Å². The molecule has 2 saturated heterocycles. The van der Waals surface area contributed by atoms with Crippen LogP contribution in [0.25, 0.3) is 11.4 Å². The number of aromatic nitrogens is 2. The lowest BCUT2D eigenvalue weighted by Gasteiger charge is -2.36. The van der Waals surface area contributed by atoms with E-state index >= 15 is 0 Å². The maximum atomic E-state index is 13.1. The first-order valence-corrected chi connectivity index (χ1v) is 10.3. The van der Waals surface area contributed by atoms with Gasteiger partial charge < -0.3 is 9.26 Å². The molecular weight excluding hydrogens is 361 g/mol. The Labute approximate surface area is 151 Å². The normalized spacial score (nSPS) is 23.5. The van der Waals surface area contributed by atoms with E-state index in [0.29, 0.717) is 43.6 Å². The zero-order valence-electron chi connectivity index (χ0n) is 14.4. The van der Waals surface area contributed by atoms with Crippen molar-refractivity contribution in [3.63, 3.8) is 0 Å². The maximum absolute atomic E-state index is 13.1. The zero-order valence-corrected chi connectivity index (χ0v) is 15.2. The molecule has 0 amide bonds. The minimum atomic E-state index is -3.31. The number of sulfonamides is 1. The fraction of sp³-hybridized carbons (Fsp3) is 0.529. The summed E-state index contributed by atoms with van der Waals surface area (Å²) in [7, 11) is -3.31. The summed E-state index contributed by atoms with van der Waals surface area (Å²) in [6.45, 7) is 1.94. The van der Waals surface area contributed by atoms with Gasteiger partial charge in [-0.1, -0.05) is 5.16 Å². The lowest BCUT2D eigenvalue weighted by molar-refractivity contribution is 0.0104. The third-order valence-corrected chi connectivity index (χ3v) is 6.63. The second-order valence-corrected chi connectivity index (χ2v) is 9.03. The molecule has 2 aliphatic heterocycles. The standard InChI is InChI=1S/C17H20FN3O4S/c1-26(22,23)21-10-14(17(11-21)6-8-24-9-7-17)16-19-15(20-25-16)12-2-4-13(18)5-3-12/h2-5,14H,6-11H2,1H3/t14-/m1/s1. The summed E-state index contributed by atoms with van der Waals surface area (Å²) < 4.78 is 49.8. The first-order valence-electron chi connectivity index (χ1n) is 8.50. The highest BCUT2D eigenvalue weighted by Crippen LogP contribution is 2.49. The molecule has 0 unspecified atom stereocenters. The summed E-state index contributed by atoms with van der Waals surface area (Å²) >= 11 is 0. The van der Waals surface area contributed by atoms with Gasteiger partial charge in [-0.3, -0.25) is 0 Å². The molecule has 140 valence electrons. The Balaban J connectivity index is 1.67. The Morgan fingerprint density at radius 1 is 1.23 bits per heavy atom. The minimum Gasteiger partial charge on any atom is -0.381 e. The molecule has 7 nitrogen and oxygen atoms in total. The topological polar surface area (TPSA) is 85.5 Å². The van der Waals surface area contributed by atoms with E-state index in [0.717, 1.165) is 12.8 Å². The fourth-order valence-corrected chi connectivity index (χ4v) is 4.80. The van der Waals surface area contributed by atoms with Crippen molar-refractivity contribution in [2.45, 2.75) is 18.8 Å². The number of nitrogens with zero attached hydrogens (tertiary/aromatic N) is 3. The number of rotatable bonds is 3. The van der Waals surface area contributed by atoms with Crippen LogP contribution in [-0.4, -0.2) is 55.4 Å². The van der Waals surface area contributed by atoms with Crippen molar-refractivity contribution in [2.24, 2.45) is 5.41 Å². The van der Waals surface area contributed by atoms with Gasteiger partial charge in [0.15, 0.2) is 0 Å². The van der Waals surface area contributed by atoms with Crippen LogP contribution in [0.15, 0.2) is 28.8 Å². The minimum absolute atomic E-state index is 0.178. The highest BCUT2D eigenvalue weighted by Gasteiger charge is 2.52. The largest absolute Gasteiger partial charge is 0.381 e. The number of benzene rings is 1. The van der Waals surface area contributed by atoms with Crippen LogP contribution in [0.4, 0.5) is 4.39 Å². The van der Waals surface area contributed by atoms with Gasteiger partial charge in [0.1, 0.15) is 5.82 Å². The highest BCUT2D eigenvalue weighted by atomic mass is 32.2. The third-order valence-electron chi connectivity index (χ3n) is 5.42. The van der Waals surface area contributed by atoms with Gasteiger partial charge >= 0.3 is 0 Å². The Bertz CT molecular complexity index is 891. The molecule has 1 spiro atoms. The van der Waals surface area contributed by atoms with E-state index in [4.69, 9.17) is 9.26 Å². The average molecular weight is 381 g/mol. The van der Waals surface area contributed by atoms with Crippen molar-refractivity contribution in [1.29, 1.82) is 0 Å². The maximum Gasteiger partial charge on any atom is 0.232 e. The Kier molecular flexibility index (Phi) is 4.32. The lowest BCUT2D eigenvalue weighted by atomic mass is 9.72. The van der Waals surface area contributed by atoms with Crippen molar-refractivity contribution in [2.75, 3.05) is 32.6 Å². The van der Waals surface area contributed by atoms with E-state index in [2.05, 4.69) is 10.1 Å². The van der Waals surface area contributed by atoms with E-state index < -0.39 is 10.0 Å². The van der Waals surface area contributed by atoms with Gasteiger partial charge in [0.05, 0.1) is 12.2 Å². The molecule has 2 aromatic rings. The van der Waals surface area contributed by atoms with Crippen LogP contribution < -0.4 is 0 Å². The molecule has 0 saturated carbocycles. The summed E-state index contributed by atoms with van der Waals surface area (Å²) in [5.41, 5.74) is 0.397. The molecule has 4 rings (SSSR count). The van der Waals surface area contributed by atoms with E-state index in [9.17, 15) is 12.8 Å². The van der Waals surface area contributed by atoms with Crippen LogP contribution in [0.2, 0.25) is 0 Å². The van der Waals surface area contributed by atoms with Crippen LogP contribution in [-0.2, 0) is 14.8 Å². The SMILES string of the molecule is CS(=O)(=O)N1C[C@H](c2nc(-c3ccc(F)cc3)no2)C2(CCOCC2)C1. The first kappa shape index (κ1) is 17.6. The second kappa shape index (κ2) is 6.40. The summed E-state index contributed by atoms with van der Waals surface area (Å²) in [4.78, 5) is 4.50. The summed E-state index contributed by atoms with van der Waals surface area (Å²) in [5.74, 6) is 0.290. The fourth-order valence-electron chi connectivity index (χ4n) is 3.89. The number of ether oxygens (including phenoxy) is 1. The molecule has 0 N–H and O–H groups in total. The van der Waals surface area contributed by atoms with E-state index in [1.54, 1.807) is 12.1 Å². The molecule has 1 aromatic carbocycles.